The van der Waals surface area contributed by atoms with Crippen LogP contribution in [0.1, 0.15) is 87.7 Å². The van der Waals surface area contributed by atoms with Gasteiger partial charge in [0, 0.05) is 82.1 Å². The molecule has 1 saturated carbocycles. The van der Waals surface area contributed by atoms with Crippen LogP contribution in [0.2, 0.25) is 5.02 Å². The zero-order valence-corrected chi connectivity index (χ0v) is 35.1. The molecule has 0 aromatic heterocycles. The number of hydrogen-bond acceptors (Lipinski definition) is 8. The summed E-state index contributed by atoms with van der Waals surface area (Å²) in [5.74, 6) is 1.30. The van der Waals surface area contributed by atoms with Crippen molar-refractivity contribution in [1.82, 2.24) is 14.5 Å². The van der Waals surface area contributed by atoms with E-state index in [0.717, 1.165) is 101 Å². The van der Waals surface area contributed by atoms with E-state index in [2.05, 4.69) is 71.4 Å². The highest BCUT2D eigenvalue weighted by Gasteiger charge is 2.49. The van der Waals surface area contributed by atoms with Crippen LogP contribution in [0.5, 0.6) is 5.75 Å². The minimum Gasteiger partial charge on any atom is -0.491 e. The Morgan fingerprint density at radius 3 is 2.59 bits per heavy atom. The molecule has 2 fully saturated rings. The van der Waals surface area contributed by atoms with Crippen molar-refractivity contribution < 1.29 is 23.2 Å². The van der Waals surface area contributed by atoms with Crippen LogP contribution >= 0.6 is 11.6 Å². The first-order valence-electron chi connectivity index (χ1n) is 20.1. The number of anilines is 1. The number of amides is 1. The van der Waals surface area contributed by atoms with Crippen molar-refractivity contribution in [2.24, 2.45) is 17.8 Å². The highest BCUT2D eigenvalue weighted by atomic mass is 35.5. The van der Waals surface area contributed by atoms with Crippen LogP contribution in [0.25, 0.3) is 0 Å². The van der Waals surface area contributed by atoms with Gasteiger partial charge in [0.1, 0.15) is 22.3 Å². The van der Waals surface area contributed by atoms with E-state index in [1.165, 1.54) is 11.1 Å². The predicted molar refractivity (Wildman–Crippen MR) is 220 cm³/mol. The lowest BCUT2D eigenvalue weighted by Gasteiger charge is -2.54. The number of methoxy groups -OCH3 is 2. The fourth-order valence-corrected chi connectivity index (χ4v) is 10.5. The highest BCUT2D eigenvalue weighted by Crippen LogP contribution is 2.47. The Hall–Kier alpha value is -2.47. The van der Waals surface area contributed by atoms with E-state index in [0.29, 0.717) is 24.0 Å². The quantitative estimate of drug-likeness (QED) is 0.270. The Labute approximate surface area is 331 Å². The second-order valence-corrected chi connectivity index (χ2v) is 18.8. The summed E-state index contributed by atoms with van der Waals surface area (Å²) in [5.41, 5.74) is 3.45. The maximum absolute atomic E-state index is 13.6. The average molecular weight is 784 g/mol. The molecule has 4 aliphatic rings. The maximum Gasteiger partial charge on any atom is 0.263 e. The first-order chi connectivity index (χ1) is 25.9. The molecule has 7 unspecified atom stereocenters. The average Bonchev–Trinajstić information content (AvgIpc) is 3.31. The number of allylic oxidation sites excluding steroid dienone is 1. The molecule has 298 valence electrons. The van der Waals surface area contributed by atoms with Crippen LogP contribution < -0.4 is 14.4 Å². The van der Waals surface area contributed by atoms with Crippen molar-refractivity contribution in [1.29, 1.82) is 0 Å². The fourth-order valence-electron chi connectivity index (χ4n) is 9.27. The molecule has 1 N–H and O–H groups in total. The van der Waals surface area contributed by atoms with Gasteiger partial charge in [-0.05, 0) is 106 Å². The second kappa shape index (κ2) is 17.8. The lowest BCUT2D eigenvalue weighted by molar-refractivity contribution is -0.105. The van der Waals surface area contributed by atoms with Gasteiger partial charge in [0.15, 0.2) is 0 Å². The standard InChI is InChI=1S/C43H63ClN4O5S/c1-8-10-32-23-36(44)14-15-37(32)35-26-47-25-34-12-16-38(34)43(52-7,29-46-19-20-48(21-22-51-6)42(4,5)28-46)18-9-11-30(2)31(3)54(50)45-41(49)33-13-17-40(53-27-35)39(47)24-33/h9,13-15,17-18,23-24,30-31,34-35,38H,8,10-12,16,19-22,25-29H2,1-7H3,(H,45,49)/b18-9+. The topological polar surface area (TPSA) is 83.6 Å². The summed E-state index contributed by atoms with van der Waals surface area (Å²) in [4.78, 5) is 21.2. The van der Waals surface area contributed by atoms with Gasteiger partial charge in [-0.1, -0.05) is 50.1 Å². The summed E-state index contributed by atoms with van der Waals surface area (Å²) >= 11 is 6.52. The van der Waals surface area contributed by atoms with Crippen LogP contribution in [-0.4, -0.2) is 110 Å². The molecular formula is C43H63ClN4O5S. The third-order valence-corrected chi connectivity index (χ3v) is 14.6. The number of hydrogen-bond donors (Lipinski definition) is 1. The Kier molecular flexibility index (Phi) is 13.5. The number of nitrogens with zero attached hydrogens (tertiary/aromatic N) is 3. The molecule has 7 atom stereocenters. The molecule has 54 heavy (non-hydrogen) atoms. The Bertz CT molecular complexity index is 1670. The minimum atomic E-state index is -1.56. The number of carbonyl (C=O) groups is 1. The number of piperazine rings is 1. The Balaban J connectivity index is 1.37. The smallest absolute Gasteiger partial charge is 0.263 e. The van der Waals surface area contributed by atoms with Crippen molar-refractivity contribution in [2.75, 3.05) is 78.1 Å². The van der Waals surface area contributed by atoms with E-state index in [1.807, 2.05) is 32.2 Å². The minimum absolute atomic E-state index is 0.00593. The molecule has 11 heteroatoms. The lowest BCUT2D eigenvalue weighted by Crippen LogP contribution is -2.64. The molecular weight excluding hydrogens is 720 g/mol. The summed E-state index contributed by atoms with van der Waals surface area (Å²) in [5, 5.41) is 0.516. The predicted octanol–water partition coefficient (Wildman–Crippen LogP) is 7.11. The summed E-state index contributed by atoms with van der Waals surface area (Å²) in [6, 6.07) is 11.9. The van der Waals surface area contributed by atoms with Gasteiger partial charge in [0.25, 0.3) is 5.91 Å². The first-order valence-corrected chi connectivity index (χ1v) is 21.7. The van der Waals surface area contributed by atoms with Crippen molar-refractivity contribution in [3.8, 4) is 5.75 Å². The Morgan fingerprint density at radius 2 is 1.89 bits per heavy atom. The molecule has 2 aromatic rings. The van der Waals surface area contributed by atoms with Gasteiger partial charge in [-0.25, -0.2) is 4.21 Å². The van der Waals surface area contributed by atoms with Gasteiger partial charge in [0.05, 0.1) is 24.2 Å². The van der Waals surface area contributed by atoms with Crippen molar-refractivity contribution in [3.63, 3.8) is 0 Å². The number of aryl methyl sites for hydroxylation is 1. The number of carbonyl (C=O) groups excluding carboxylic acids is 1. The number of halogens is 1. The molecule has 3 heterocycles. The van der Waals surface area contributed by atoms with Gasteiger partial charge < -0.3 is 19.1 Å². The lowest BCUT2D eigenvalue weighted by atomic mass is 9.63. The number of nitrogens with one attached hydrogen (secondary N) is 1. The highest BCUT2D eigenvalue weighted by molar-refractivity contribution is 7.84. The van der Waals surface area contributed by atoms with E-state index in [9.17, 15) is 9.00 Å². The summed E-state index contributed by atoms with van der Waals surface area (Å²) in [7, 11) is 2.11. The summed E-state index contributed by atoms with van der Waals surface area (Å²) in [6.07, 6.45) is 9.50. The molecule has 2 bridgehead atoms. The van der Waals surface area contributed by atoms with E-state index >= 15 is 0 Å². The zero-order valence-electron chi connectivity index (χ0n) is 33.6. The summed E-state index contributed by atoms with van der Waals surface area (Å²) < 4.78 is 35.2. The van der Waals surface area contributed by atoms with Gasteiger partial charge in [-0.3, -0.25) is 19.3 Å². The summed E-state index contributed by atoms with van der Waals surface area (Å²) in [6.45, 7) is 18.4. The normalized spacial score (nSPS) is 31.4. The number of benzene rings is 2. The molecule has 1 aliphatic carbocycles. The fraction of sp³-hybridized carbons (Fsp3) is 0.651. The third kappa shape index (κ3) is 9.05. The van der Waals surface area contributed by atoms with Gasteiger partial charge in [0.2, 0.25) is 0 Å². The molecule has 3 aliphatic heterocycles. The van der Waals surface area contributed by atoms with Crippen molar-refractivity contribution in [3.05, 3.63) is 70.3 Å². The van der Waals surface area contributed by atoms with E-state index in [4.69, 9.17) is 25.8 Å². The molecule has 1 saturated heterocycles. The molecule has 6 rings (SSSR count). The number of ether oxygens (including phenoxy) is 3. The Morgan fingerprint density at radius 1 is 1.07 bits per heavy atom. The van der Waals surface area contributed by atoms with Gasteiger partial charge >= 0.3 is 0 Å². The van der Waals surface area contributed by atoms with E-state index in [-0.39, 0.29) is 28.5 Å². The molecule has 2 aromatic carbocycles. The van der Waals surface area contributed by atoms with Gasteiger partial charge in [-0.15, -0.1) is 0 Å². The first kappa shape index (κ1) is 41.2. The van der Waals surface area contributed by atoms with Crippen molar-refractivity contribution >= 4 is 34.2 Å². The van der Waals surface area contributed by atoms with Crippen LogP contribution in [0, 0.1) is 17.8 Å². The van der Waals surface area contributed by atoms with E-state index in [1.54, 1.807) is 13.2 Å². The molecule has 0 radical (unpaired) electrons. The second-order valence-electron chi connectivity index (χ2n) is 16.8. The zero-order chi connectivity index (χ0) is 38.6. The number of fused-ring (bicyclic) bond motifs is 2. The van der Waals surface area contributed by atoms with Gasteiger partial charge in [-0.2, -0.15) is 0 Å². The largest absolute Gasteiger partial charge is 0.491 e. The van der Waals surface area contributed by atoms with E-state index < -0.39 is 16.6 Å². The van der Waals surface area contributed by atoms with Crippen molar-refractivity contribution in [2.45, 2.75) is 89.0 Å². The van der Waals surface area contributed by atoms with Crippen LogP contribution in [-0.2, 0) is 26.9 Å². The molecule has 9 nitrogen and oxygen atoms in total. The van der Waals surface area contributed by atoms with Crippen LogP contribution in [0.3, 0.4) is 0 Å². The SMILES string of the molecule is CCCc1cc(Cl)ccc1C1COc2ccc3cc2N(C1)CC1CCC1C(CN1CCN(CCOC)C(C)(C)C1)(OC)/C=C/CC(C)C(C)S(=O)NC3=O. The number of rotatable bonds is 9. The van der Waals surface area contributed by atoms with Crippen LogP contribution in [0.4, 0.5) is 5.69 Å². The maximum atomic E-state index is 13.6. The third-order valence-electron chi connectivity index (χ3n) is 12.8. The van der Waals surface area contributed by atoms with Crippen LogP contribution in [0.15, 0.2) is 48.6 Å². The molecule has 0 spiro atoms. The molecule has 1 amide bonds. The monoisotopic (exact) mass is 782 g/mol.